The van der Waals surface area contributed by atoms with Crippen LogP contribution in [0.15, 0.2) is 0 Å². The van der Waals surface area contributed by atoms with Gasteiger partial charge in [0.05, 0.1) is 19.6 Å². The van der Waals surface area contributed by atoms with Gasteiger partial charge in [0.1, 0.15) is 0 Å². The van der Waals surface area contributed by atoms with Crippen LogP contribution in [0.2, 0.25) is 0 Å². The van der Waals surface area contributed by atoms with Crippen LogP contribution in [-0.2, 0) is 19.1 Å². The molecule has 0 aliphatic heterocycles. The van der Waals surface area contributed by atoms with Gasteiger partial charge in [-0.3, -0.25) is 9.59 Å². The molecular formula is C12H23NO4. The van der Waals surface area contributed by atoms with Crippen LogP contribution >= 0.6 is 0 Å². The van der Waals surface area contributed by atoms with Gasteiger partial charge in [0.25, 0.3) is 0 Å². The van der Waals surface area contributed by atoms with Gasteiger partial charge in [-0.15, -0.1) is 0 Å². The van der Waals surface area contributed by atoms with Gasteiger partial charge in [-0.25, -0.2) is 0 Å². The molecule has 0 atom stereocenters. The number of carbonyl (C=O) groups is 2. The van der Waals surface area contributed by atoms with Gasteiger partial charge in [-0.2, -0.15) is 0 Å². The quantitative estimate of drug-likeness (QED) is 0.488. The summed E-state index contributed by atoms with van der Waals surface area (Å²) in [6.45, 7) is 7.64. The molecule has 0 aliphatic rings. The van der Waals surface area contributed by atoms with Gasteiger partial charge in [0, 0.05) is 19.6 Å². The van der Waals surface area contributed by atoms with Crippen molar-refractivity contribution < 1.29 is 19.1 Å². The van der Waals surface area contributed by atoms with E-state index in [1.54, 1.807) is 6.92 Å². The van der Waals surface area contributed by atoms with Crippen LogP contribution in [0.1, 0.15) is 33.6 Å². The normalized spacial score (nSPS) is 10.4. The largest absolute Gasteiger partial charge is 0.466 e. The fourth-order valence-electron chi connectivity index (χ4n) is 1.11. The van der Waals surface area contributed by atoms with E-state index in [1.807, 2.05) is 0 Å². The smallest absolute Gasteiger partial charge is 0.307 e. The van der Waals surface area contributed by atoms with Gasteiger partial charge < -0.3 is 14.8 Å². The summed E-state index contributed by atoms with van der Waals surface area (Å²) in [7, 11) is 0. The Hall–Kier alpha value is -1.10. The molecule has 0 spiro atoms. The summed E-state index contributed by atoms with van der Waals surface area (Å²) in [5.41, 5.74) is 0. The van der Waals surface area contributed by atoms with Crippen LogP contribution in [-0.4, -0.2) is 38.2 Å². The highest BCUT2D eigenvalue weighted by Crippen LogP contribution is 1.93. The maximum Gasteiger partial charge on any atom is 0.307 e. The monoisotopic (exact) mass is 245 g/mol. The molecule has 0 aromatic carbocycles. The molecule has 0 rings (SSSR count). The molecule has 5 nitrogen and oxygen atoms in total. The van der Waals surface area contributed by atoms with E-state index >= 15 is 0 Å². The Morgan fingerprint density at radius 3 is 2.53 bits per heavy atom. The highest BCUT2D eigenvalue weighted by molar-refractivity contribution is 5.77. The minimum atomic E-state index is -0.288. The fourth-order valence-corrected chi connectivity index (χ4v) is 1.11. The number of ether oxygens (including phenoxy) is 2. The van der Waals surface area contributed by atoms with Crippen LogP contribution in [0.5, 0.6) is 0 Å². The lowest BCUT2D eigenvalue weighted by atomic mass is 10.2. The third-order valence-electron chi connectivity index (χ3n) is 1.88. The lowest BCUT2D eigenvalue weighted by Gasteiger charge is -2.07. The first-order valence-corrected chi connectivity index (χ1v) is 6.06. The zero-order valence-corrected chi connectivity index (χ0v) is 11.0. The molecule has 0 saturated heterocycles. The summed E-state index contributed by atoms with van der Waals surface area (Å²) < 4.78 is 10.0. The summed E-state index contributed by atoms with van der Waals surface area (Å²) in [6, 6.07) is 0. The van der Waals surface area contributed by atoms with E-state index in [1.165, 1.54) is 0 Å². The Kier molecular flexibility index (Phi) is 9.43. The summed E-state index contributed by atoms with van der Waals surface area (Å²) in [5, 5.41) is 2.64. The molecule has 0 saturated carbocycles. The van der Waals surface area contributed by atoms with E-state index in [2.05, 4.69) is 19.2 Å². The second kappa shape index (κ2) is 10.1. The maximum atomic E-state index is 11.3. The van der Waals surface area contributed by atoms with E-state index < -0.39 is 0 Å². The molecule has 0 aromatic heterocycles. The van der Waals surface area contributed by atoms with Crippen LogP contribution in [0.4, 0.5) is 0 Å². The van der Waals surface area contributed by atoms with Gasteiger partial charge in [0.15, 0.2) is 0 Å². The summed E-state index contributed by atoms with van der Waals surface area (Å²) in [5.74, 6) is 0.0868. The highest BCUT2D eigenvalue weighted by Gasteiger charge is 2.04. The molecule has 0 bridgehead atoms. The van der Waals surface area contributed by atoms with Crippen LogP contribution < -0.4 is 5.32 Å². The number of rotatable bonds is 9. The van der Waals surface area contributed by atoms with Crippen molar-refractivity contribution in [1.82, 2.24) is 5.32 Å². The Bertz CT molecular complexity index is 229. The summed E-state index contributed by atoms with van der Waals surface area (Å²) in [4.78, 5) is 22.2. The molecule has 17 heavy (non-hydrogen) atoms. The first-order valence-electron chi connectivity index (χ1n) is 6.06. The number of nitrogens with one attached hydrogen (secondary N) is 1. The van der Waals surface area contributed by atoms with Crippen molar-refractivity contribution in [3.8, 4) is 0 Å². The first-order chi connectivity index (χ1) is 8.06. The van der Waals surface area contributed by atoms with Gasteiger partial charge in [-0.05, 0) is 12.8 Å². The molecule has 100 valence electrons. The second-order valence-electron chi connectivity index (χ2n) is 4.12. The molecule has 1 N–H and O–H groups in total. The lowest BCUT2D eigenvalue weighted by Crippen LogP contribution is -2.27. The Balaban J connectivity index is 3.37. The molecule has 0 heterocycles. The number of amides is 1. The van der Waals surface area contributed by atoms with Crippen molar-refractivity contribution in [3.63, 3.8) is 0 Å². The topological polar surface area (TPSA) is 64.6 Å². The predicted octanol–water partition coefficient (Wildman–Crippen LogP) is 1.12. The maximum absolute atomic E-state index is 11.3. The lowest BCUT2D eigenvalue weighted by molar-refractivity contribution is -0.143. The van der Waals surface area contributed by atoms with E-state index in [-0.39, 0.29) is 18.3 Å². The molecule has 0 unspecified atom stereocenters. The third-order valence-corrected chi connectivity index (χ3v) is 1.88. The van der Waals surface area contributed by atoms with E-state index in [0.717, 1.165) is 0 Å². The Morgan fingerprint density at radius 2 is 1.94 bits per heavy atom. The molecule has 1 amide bonds. The van der Waals surface area contributed by atoms with E-state index in [9.17, 15) is 9.59 Å². The van der Waals surface area contributed by atoms with Gasteiger partial charge in [-0.1, -0.05) is 13.8 Å². The molecule has 0 radical (unpaired) electrons. The number of hydrogen-bond acceptors (Lipinski definition) is 4. The predicted molar refractivity (Wildman–Crippen MR) is 64.5 cm³/mol. The van der Waals surface area contributed by atoms with Gasteiger partial charge >= 0.3 is 5.97 Å². The summed E-state index contributed by atoms with van der Waals surface area (Å²) >= 11 is 0. The average molecular weight is 245 g/mol. The first kappa shape index (κ1) is 15.9. The average Bonchev–Trinajstić information content (AvgIpc) is 2.24. The second-order valence-corrected chi connectivity index (χ2v) is 4.12. The molecule has 0 fully saturated rings. The zero-order valence-electron chi connectivity index (χ0n) is 11.0. The van der Waals surface area contributed by atoms with Crippen molar-refractivity contribution in [2.24, 2.45) is 5.92 Å². The Morgan fingerprint density at radius 1 is 1.24 bits per heavy atom. The molecular weight excluding hydrogens is 222 g/mol. The van der Waals surface area contributed by atoms with Crippen LogP contribution in [0.25, 0.3) is 0 Å². The fraction of sp³-hybridized carbons (Fsp3) is 0.833. The standard InChI is InChI=1S/C12H23NO4/c1-4-17-12(15)5-7-13-11(14)6-8-16-9-10(2)3/h10H,4-9H2,1-3H3,(H,13,14). The number of carbonyl (C=O) groups excluding carboxylic acids is 2. The number of esters is 1. The van der Waals surface area contributed by atoms with E-state index in [4.69, 9.17) is 9.47 Å². The zero-order chi connectivity index (χ0) is 13.1. The highest BCUT2D eigenvalue weighted by atomic mass is 16.5. The van der Waals surface area contributed by atoms with Crippen molar-refractivity contribution in [2.45, 2.75) is 33.6 Å². The summed E-state index contributed by atoms with van der Waals surface area (Å²) in [6.07, 6.45) is 0.544. The molecule has 5 heteroatoms. The molecule has 0 aliphatic carbocycles. The minimum absolute atomic E-state index is 0.0990. The number of hydrogen-bond donors (Lipinski definition) is 1. The Labute approximate surface area is 103 Å². The van der Waals surface area contributed by atoms with E-state index in [0.29, 0.717) is 38.7 Å². The third kappa shape index (κ3) is 11.2. The van der Waals surface area contributed by atoms with Gasteiger partial charge in [0.2, 0.25) is 5.91 Å². The SMILES string of the molecule is CCOC(=O)CCNC(=O)CCOCC(C)C. The van der Waals surface area contributed by atoms with Crippen molar-refractivity contribution in [1.29, 1.82) is 0 Å². The van der Waals surface area contributed by atoms with Crippen molar-refractivity contribution in [3.05, 3.63) is 0 Å². The van der Waals surface area contributed by atoms with Crippen LogP contribution in [0, 0.1) is 5.92 Å². The minimum Gasteiger partial charge on any atom is -0.466 e. The molecule has 0 aromatic rings. The van der Waals surface area contributed by atoms with Crippen molar-refractivity contribution in [2.75, 3.05) is 26.4 Å². The van der Waals surface area contributed by atoms with Crippen molar-refractivity contribution >= 4 is 11.9 Å². The van der Waals surface area contributed by atoms with Crippen LogP contribution in [0.3, 0.4) is 0 Å².